The fourth-order valence-electron chi connectivity index (χ4n) is 3.75. The molecule has 2 aromatic carbocycles. The van der Waals surface area contributed by atoms with Crippen molar-refractivity contribution in [1.29, 1.82) is 0 Å². The number of rotatable bonds is 9. The molecule has 7 heteroatoms. The van der Waals surface area contributed by atoms with Gasteiger partial charge in [-0.15, -0.1) is 11.8 Å². The van der Waals surface area contributed by atoms with Gasteiger partial charge in [0, 0.05) is 10.5 Å². The molecule has 0 spiro atoms. The van der Waals surface area contributed by atoms with Gasteiger partial charge in [0.2, 0.25) is 11.7 Å². The van der Waals surface area contributed by atoms with Gasteiger partial charge < -0.3 is 14.5 Å². The summed E-state index contributed by atoms with van der Waals surface area (Å²) in [5.74, 6) is -0.211. The van der Waals surface area contributed by atoms with Crippen LogP contribution in [0.15, 0.2) is 52.0 Å². The van der Waals surface area contributed by atoms with E-state index >= 15 is 0 Å². The van der Waals surface area contributed by atoms with Gasteiger partial charge in [-0.05, 0) is 86.7 Å². The highest BCUT2D eigenvalue weighted by molar-refractivity contribution is 8.00. The number of nitrogens with one attached hydrogen (secondary N) is 1. The summed E-state index contributed by atoms with van der Waals surface area (Å²) in [6, 6.07) is 10.4. The first-order valence-corrected chi connectivity index (χ1v) is 12.0. The first-order valence-electron chi connectivity index (χ1n) is 11.0. The van der Waals surface area contributed by atoms with Crippen molar-refractivity contribution in [2.24, 2.45) is 0 Å². The molecule has 3 rings (SSSR count). The first kappa shape index (κ1) is 25.3. The summed E-state index contributed by atoms with van der Waals surface area (Å²) >= 11 is 1.23. The lowest BCUT2D eigenvalue weighted by molar-refractivity contribution is -0.118. The van der Waals surface area contributed by atoms with E-state index in [4.69, 9.17) is 9.15 Å². The Hall–Kier alpha value is -3.32. The molecule has 0 radical (unpaired) electrons. The summed E-state index contributed by atoms with van der Waals surface area (Å²) in [6.07, 6.45) is 1.55. The highest BCUT2D eigenvalue weighted by Gasteiger charge is 2.21. The highest BCUT2D eigenvalue weighted by atomic mass is 32.2. The van der Waals surface area contributed by atoms with Crippen molar-refractivity contribution in [3.8, 4) is 0 Å². The van der Waals surface area contributed by atoms with Gasteiger partial charge >= 0.3 is 5.97 Å². The Morgan fingerprint density at radius 3 is 2.18 bits per heavy atom. The quantitative estimate of drug-likeness (QED) is 0.256. The molecule has 0 bridgehead atoms. The molecule has 0 atom stereocenters. The number of esters is 1. The van der Waals surface area contributed by atoms with Crippen LogP contribution in [0, 0.1) is 34.6 Å². The van der Waals surface area contributed by atoms with E-state index in [1.807, 2.05) is 34.6 Å². The van der Waals surface area contributed by atoms with Crippen LogP contribution in [0.3, 0.4) is 0 Å². The maximum absolute atomic E-state index is 13.0. The Balaban J connectivity index is 1.63. The topological polar surface area (TPSA) is 85.6 Å². The van der Waals surface area contributed by atoms with E-state index in [0.29, 0.717) is 28.3 Å². The van der Waals surface area contributed by atoms with Crippen LogP contribution >= 0.6 is 11.8 Å². The normalized spacial score (nSPS) is 10.7. The molecular weight excluding hydrogens is 450 g/mol. The zero-order valence-corrected chi connectivity index (χ0v) is 20.9. The Morgan fingerprint density at radius 2 is 1.53 bits per heavy atom. The van der Waals surface area contributed by atoms with Crippen LogP contribution in [0.2, 0.25) is 0 Å². The lowest BCUT2D eigenvalue weighted by atomic mass is 9.88. The Bertz CT molecular complexity index is 1190. The van der Waals surface area contributed by atoms with Crippen LogP contribution in [0.5, 0.6) is 0 Å². The molecule has 0 aliphatic carbocycles. The average Bonchev–Trinajstić information content (AvgIpc) is 3.36. The van der Waals surface area contributed by atoms with Gasteiger partial charge in [-0.1, -0.05) is 12.1 Å². The van der Waals surface area contributed by atoms with E-state index < -0.39 is 5.97 Å². The number of thioether (sulfide) groups is 1. The summed E-state index contributed by atoms with van der Waals surface area (Å²) in [4.78, 5) is 38.5. The molecule has 0 aliphatic heterocycles. The third kappa shape index (κ3) is 5.78. The number of hydrogen-bond donors (Lipinski definition) is 1. The molecule has 1 heterocycles. The molecule has 0 unspecified atom stereocenters. The predicted molar refractivity (Wildman–Crippen MR) is 132 cm³/mol. The lowest BCUT2D eigenvalue weighted by Crippen LogP contribution is -2.24. The highest BCUT2D eigenvalue weighted by Crippen LogP contribution is 2.27. The summed E-state index contributed by atoms with van der Waals surface area (Å²) < 4.78 is 10.6. The number of carbonyl (C=O) groups excluding carboxylic acids is 3. The SMILES string of the molecule is Cc1c(C)c(C)c(C(=O)COC(=O)c2ccccc2SCC(=O)NCc2ccco2)c(C)c1C. The number of amides is 1. The van der Waals surface area contributed by atoms with E-state index in [1.54, 1.807) is 42.7 Å². The molecule has 1 N–H and O–H groups in total. The number of carbonyl (C=O) groups is 3. The average molecular weight is 480 g/mol. The molecule has 34 heavy (non-hydrogen) atoms. The fraction of sp³-hybridized carbons (Fsp3) is 0.296. The van der Waals surface area contributed by atoms with Crippen molar-refractivity contribution in [3.05, 3.63) is 87.4 Å². The van der Waals surface area contributed by atoms with Crippen LogP contribution in [-0.2, 0) is 16.1 Å². The minimum Gasteiger partial charge on any atom is -0.467 e. The predicted octanol–water partition coefficient (Wildman–Crippen LogP) is 5.27. The molecule has 3 aromatic rings. The number of benzene rings is 2. The van der Waals surface area contributed by atoms with Crippen LogP contribution in [-0.4, -0.2) is 30.0 Å². The van der Waals surface area contributed by atoms with Crippen LogP contribution in [0.4, 0.5) is 0 Å². The maximum atomic E-state index is 13.0. The van der Waals surface area contributed by atoms with E-state index in [1.165, 1.54) is 17.3 Å². The summed E-state index contributed by atoms with van der Waals surface area (Å²) in [7, 11) is 0. The van der Waals surface area contributed by atoms with Crippen LogP contribution in [0.1, 0.15) is 54.3 Å². The van der Waals surface area contributed by atoms with Gasteiger partial charge in [0.15, 0.2) is 6.61 Å². The van der Waals surface area contributed by atoms with Gasteiger partial charge in [-0.2, -0.15) is 0 Å². The van der Waals surface area contributed by atoms with Crippen LogP contribution in [0.25, 0.3) is 0 Å². The lowest BCUT2D eigenvalue weighted by Gasteiger charge is -2.18. The molecule has 1 aromatic heterocycles. The zero-order valence-electron chi connectivity index (χ0n) is 20.1. The summed E-state index contributed by atoms with van der Waals surface area (Å²) in [5, 5.41) is 2.77. The second kappa shape index (κ2) is 11.2. The molecule has 0 aliphatic rings. The van der Waals surface area contributed by atoms with Gasteiger partial charge in [0.25, 0.3) is 0 Å². The monoisotopic (exact) mass is 479 g/mol. The van der Waals surface area contributed by atoms with Crippen LogP contribution < -0.4 is 5.32 Å². The standard InChI is InChI=1S/C27H29NO5S/c1-16-17(2)19(4)26(20(5)18(16)3)23(29)14-33-27(31)22-10-6-7-11-24(22)34-15-25(30)28-13-21-9-8-12-32-21/h6-12H,13-15H2,1-5H3,(H,28,30). The molecule has 0 saturated carbocycles. The Kier molecular flexibility index (Phi) is 8.34. The third-order valence-electron chi connectivity index (χ3n) is 6.12. The summed E-state index contributed by atoms with van der Waals surface area (Å²) in [6.45, 7) is 9.85. The number of hydrogen-bond acceptors (Lipinski definition) is 6. The van der Waals surface area contributed by atoms with E-state index in [-0.39, 0.29) is 24.1 Å². The van der Waals surface area contributed by atoms with Crippen molar-refractivity contribution < 1.29 is 23.5 Å². The van der Waals surface area contributed by atoms with Gasteiger partial charge in [-0.3, -0.25) is 9.59 Å². The molecule has 0 fully saturated rings. The minimum atomic E-state index is -0.594. The number of Topliss-reactive ketones (excluding diaryl/α,β-unsaturated/α-hetero) is 1. The minimum absolute atomic E-state index is 0.129. The van der Waals surface area contributed by atoms with Gasteiger partial charge in [0.05, 0.1) is 24.1 Å². The van der Waals surface area contributed by atoms with E-state index in [2.05, 4.69) is 5.32 Å². The molecule has 6 nitrogen and oxygen atoms in total. The molecule has 178 valence electrons. The number of furan rings is 1. The van der Waals surface area contributed by atoms with Gasteiger partial charge in [0.1, 0.15) is 5.76 Å². The molecule has 0 saturated heterocycles. The first-order chi connectivity index (χ1) is 16.2. The van der Waals surface area contributed by atoms with Crippen molar-refractivity contribution >= 4 is 29.4 Å². The second-order valence-electron chi connectivity index (χ2n) is 8.14. The zero-order chi connectivity index (χ0) is 24.8. The second-order valence-corrected chi connectivity index (χ2v) is 9.16. The van der Waals surface area contributed by atoms with E-state index in [0.717, 1.165) is 22.3 Å². The van der Waals surface area contributed by atoms with E-state index in [9.17, 15) is 14.4 Å². The third-order valence-corrected chi connectivity index (χ3v) is 7.19. The number of ether oxygens (including phenoxy) is 1. The fourth-order valence-corrected chi connectivity index (χ4v) is 4.62. The Morgan fingerprint density at radius 1 is 0.882 bits per heavy atom. The maximum Gasteiger partial charge on any atom is 0.339 e. The van der Waals surface area contributed by atoms with Gasteiger partial charge in [-0.25, -0.2) is 4.79 Å². The Labute approximate surface area is 204 Å². The molecule has 1 amide bonds. The van der Waals surface area contributed by atoms with Crippen molar-refractivity contribution in [1.82, 2.24) is 5.32 Å². The molecular formula is C27H29NO5S. The van der Waals surface area contributed by atoms with Crippen molar-refractivity contribution in [2.75, 3.05) is 12.4 Å². The smallest absolute Gasteiger partial charge is 0.339 e. The van der Waals surface area contributed by atoms with Crippen molar-refractivity contribution in [2.45, 2.75) is 46.1 Å². The summed E-state index contributed by atoms with van der Waals surface area (Å²) in [5.41, 5.74) is 6.09. The number of ketones is 1. The largest absolute Gasteiger partial charge is 0.467 e. The van der Waals surface area contributed by atoms with Crippen molar-refractivity contribution in [3.63, 3.8) is 0 Å².